The summed E-state index contributed by atoms with van der Waals surface area (Å²) in [7, 11) is 0. The van der Waals surface area contributed by atoms with Gasteiger partial charge in [0.2, 0.25) is 0 Å². The molecule has 0 fully saturated rings. The van der Waals surface area contributed by atoms with Crippen LogP contribution in [-0.2, 0) is 12.8 Å². The number of nitrogens with zero attached hydrogens (tertiary/aromatic N) is 3. The van der Waals surface area contributed by atoms with Crippen molar-refractivity contribution in [1.82, 2.24) is 15.0 Å². The Kier molecular flexibility index (Phi) is 6.93. The van der Waals surface area contributed by atoms with Crippen molar-refractivity contribution in [2.45, 2.75) is 18.8 Å². The van der Waals surface area contributed by atoms with E-state index in [1.54, 1.807) is 0 Å². The second-order valence-corrected chi connectivity index (χ2v) is 9.98. The molecule has 0 aliphatic carbocycles. The van der Waals surface area contributed by atoms with Crippen LogP contribution in [0, 0.1) is 0 Å². The van der Waals surface area contributed by atoms with E-state index in [2.05, 4.69) is 88.8 Å². The molecule has 0 saturated carbocycles. The second kappa shape index (κ2) is 11.0. The van der Waals surface area contributed by atoms with Crippen molar-refractivity contribution in [3.05, 3.63) is 161 Å². The zero-order valence-electron chi connectivity index (χ0n) is 20.8. The summed E-state index contributed by atoms with van der Waals surface area (Å²) in [6.45, 7) is 0. The van der Waals surface area contributed by atoms with E-state index in [0.29, 0.717) is 0 Å². The fourth-order valence-corrected chi connectivity index (χ4v) is 5.24. The Morgan fingerprint density at radius 1 is 0.605 bits per heavy atom. The van der Waals surface area contributed by atoms with E-state index in [1.165, 1.54) is 27.8 Å². The average molecular weight is 512 g/mol. The number of benzene rings is 3. The van der Waals surface area contributed by atoms with Gasteiger partial charge in [-0.3, -0.25) is 15.0 Å². The molecule has 1 atom stereocenters. The minimum atomic E-state index is 0.175. The van der Waals surface area contributed by atoms with Crippen LogP contribution in [0.1, 0.15) is 33.7 Å². The Labute approximate surface area is 227 Å². The number of hydrogen-bond donors (Lipinski definition) is 0. The summed E-state index contributed by atoms with van der Waals surface area (Å²) in [4.78, 5) is 13.2. The SMILES string of the molecule is Clc1ccc(C(Cc2ccncc2)c2cccc(-c3cc(Cc4ccncc4)cc4cccnc34)c2)cc1. The first-order chi connectivity index (χ1) is 18.7. The largest absolute Gasteiger partial charge is 0.265 e. The molecule has 38 heavy (non-hydrogen) atoms. The number of hydrogen-bond acceptors (Lipinski definition) is 3. The van der Waals surface area contributed by atoms with Crippen molar-refractivity contribution in [2.24, 2.45) is 0 Å². The van der Waals surface area contributed by atoms with Crippen LogP contribution in [0.2, 0.25) is 5.02 Å². The first-order valence-electron chi connectivity index (χ1n) is 12.7. The minimum Gasteiger partial charge on any atom is -0.265 e. The molecule has 1 unspecified atom stereocenters. The Morgan fingerprint density at radius 3 is 2.11 bits per heavy atom. The van der Waals surface area contributed by atoms with Crippen LogP contribution in [0.25, 0.3) is 22.0 Å². The third-order valence-corrected chi connectivity index (χ3v) is 7.24. The molecule has 0 radical (unpaired) electrons. The van der Waals surface area contributed by atoms with E-state index in [1.807, 2.05) is 49.2 Å². The molecule has 3 aromatic carbocycles. The molecular formula is C34H26ClN3. The van der Waals surface area contributed by atoms with Crippen molar-refractivity contribution in [3.8, 4) is 11.1 Å². The fraction of sp³-hybridized carbons (Fsp3) is 0.0882. The summed E-state index contributed by atoms with van der Waals surface area (Å²) in [6, 6.07) is 34.1. The molecule has 0 amide bonds. The van der Waals surface area contributed by atoms with E-state index >= 15 is 0 Å². The van der Waals surface area contributed by atoms with E-state index in [0.717, 1.165) is 39.9 Å². The maximum atomic E-state index is 6.24. The molecule has 0 spiro atoms. The summed E-state index contributed by atoms with van der Waals surface area (Å²) >= 11 is 6.24. The van der Waals surface area contributed by atoms with Crippen LogP contribution in [0.5, 0.6) is 0 Å². The summed E-state index contributed by atoms with van der Waals surface area (Å²) in [6.07, 6.45) is 11.0. The lowest BCUT2D eigenvalue weighted by molar-refractivity contribution is 0.804. The molecule has 6 aromatic rings. The highest BCUT2D eigenvalue weighted by Gasteiger charge is 2.17. The molecule has 3 heterocycles. The normalized spacial score (nSPS) is 11.9. The van der Waals surface area contributed by atoms with Crippen LogP contribution in [0.3, 0.4) is 0 Å². The molecule has 6 rings (SSSR count). The molecule has 3 aromatic heterocycles. The van der Waals surface area contributed by atoms with Gasteiger partial charge in [0.1, 0.15) is 0 Å². The van der Waals surface area contributed by atoms with Gasteiger partial charge in [0, 0.05) is 52.9 Å². The Hall–Kier alpha value is -4.34. The number of rotatable bonds is 7. The molecule has 0 saturated heterocycles. The van der Waals surface area contributed by atoms with E-state index in [4.69, 9.17) is 16.6 Å². The van der Waals surface area contributed by atoms with Gasteiger partial charge in [-0.15, -0.1) is 0 Å². The standard InChI is InChI=1S/C34H26ClN3/c35-31-8-6-27(7-9-31)32(21-25-12-17-37-18-13-25)28-3-1-4-29(23-28)33-22-26(19-24-10-15-36-16-11-24)20-30-5-2-14-38-34(30)33/h1-18,20,22-23,32H,19,21H2. The van der Waals surface area contributed by atoms with Crippen molar-refractivity contribution < 1.29 is 0 Å². The fourth-order valence-electron chi connectivity index (χ4n) is 5.11. The van der Waals surface area contributed by atoms with Gasteiger partial charge in [0.05, 0.1) is 5.52 Å². The van der Waals surface area contributed by atoms with Gasteiger partial charge in [-0.25, -0.2) is 0 Å². The number of halogens is 1. The third kappa shape index (κ3) is 5.34. The average Bonchev–Trinajstić information content (AvgIpc) is 2.97. The Balaban J connectivity index is 1.44. The van der Waals surface area contributed by atoms with Crippen LogP contribution in [0.15, 0.2) is 128 Å². The lowest BCUT2D eigenvalue weighted by Crippen LogP contribution is -2.05. The van der Waals surface area contributed by atoms with Crippen molar-refractivity contribution in [3.63, 3.8) is 0 Å². The number of aromatic nitrogens is 3. The Bertz CT molecular complexity index is 1670. The van der Waals surface area contributed by atoms with E-state index < -0.39 is 0 Å². The van der Waals surface area contributed by atoms with E-state index in [9.17, 15) is 0 Å². The summed E-state index contributed by atoms with van der Waals surface area (Å²) in [5.74, 6) is 0.175. The Morgan fingerprint density at radius 2 is 1.34 bits per heavy atom. The third-order valence-electron chi connectivity index (χ3n) is 6.98. The highest BCUT2D eigenvalue weighted by Crippen LogP contribution is 2.35. The second-order valence-electron chi connectivity index (χ2n) is 9.54. The van der Waals surface area contributed by atoms with Gasteiger partial charge >= 0.3 is 0 Å². The maximum Gasteiger partial charge on any atom is 0.0780 e. The molecule has 0 bridgehead atoms. The summed E-state index contributed by atoms with van der Waals surface area (Å²) < 4.78 is 0. The molecular weight excluding hydrogens is 486 g/mol. The lowest BCUT2D eigenvalue weighted by Gasteiger charge is -2.20. The van der Waals surface area contributed by atoms with Crippen molar-refractivity contribution in [1.29, 1.82) is 0 Å². The smallest absolute Gasteiger partial charge is 0.0780 e. The highest BCUT2D eigenvalue weighted by molar-refractivity contribution is 6.30. The molecule has 184 valence electrons. The van der Waals surface area contributed by atoms with Crippen molar-refractivity contribution in [2.75, 3.05) is 0 Å². The predicted octanol–water partition coefficient (Wildman–Crippen LogP) is 8.31. The van der Waals surface area contributed by atoms with E-state index in [-0.39, 0.29) is 5.92 Å². The van der Waals surface area contributed by atoms with Crippen LogP contribution >= 0.6 is 11.6 Å². The van der Waals surface area contributed by atoms with Gasteiger partial charge in [-0.1, -0.05) is 54.1 Å². The highest BCUT2D eigenvalue weighted by atomic mass is 35.5. The topological polar surface area (TPSA) is 38.7 Å². The van der Waals surface area contributed by atoms with Gasteiger partial charge in [-0.05, 0) is 101 Å². The van der Waals surface area contributed by atoms with Gasteiger partial charge in [0.15, 0.2) is 0 Å². The number of pyridine rings is 3. The molecule has 0 N–H and O–H groups in total. The predicted molar refractivity (Wildman–Crippen MR) is 155 cm³/mol. The van der Waals surface area contributed by atoms with Gasteiger partial charge < -0.3 is 0 Å². The lowest BCUT2D eigenvalue weighted by atomic mass is 9.84. The van der Waals surface area contributed by atoms with Crippen molar-refractivity contribution >= 4 is 22.5 Å². The molecule has 3 nitrogen and oxygen atoms in total. The number of fused-ring (bicyclic) bond motifs is 1. The quantitative estimate of drug-likeness (QED) is 0.216. The minimum absolute atomic E-state index is 0.175. The monoisotopic (exact) mass is 511 g/mol. The van der Waals surface area contributed by atoms with Crippen LogP contribution in [-0.4, -0.2) is 15.0 Å². The zero-order valence-corrected chi connectivity index (χ0v) is 21.6. The molecule has 4 heteroatoms. The maximum absolute atomic E-state index is 6.24. The zero-order chi connectivity index (χ0) is 25.7. The molecule has 0 aliphatic rings. The van der Waals surface area contributed by atoms with Gasteiger partial charge in [-0.2, -0.15) is 0 Å². The first-order valence-corrected chi connectivity index (χ1v) is 13.1. The van der Waals surface area contributed by atoms with Crippen LogP contribution in [0.4, 0.5) is 0 Å². The summed E-state index contributed by atoms with van der Waals surface area (Å²) in [5, 5.41) is 1.89. The van der Waals surface area contributed by atoms with Gasteiger partial charge in [0.25, 0.3) is 0 Å². The first kappa shape index (κ1) is 24.0. The summed E-state index contributed by atoms with van der Waals surface area (Å²) in [5.41, 5.74) is 9.55. The van der Waals surface area contributed by atoms with Crippen LogP contribution < -0.4 is 0 Å². The molecule has 0 aliphatic heterocycles.